The molecule has 1 aromatic heterocycles. The number of carbonyl (C=O) groups is 2. The number of imidazole rings is 1. The van der Waals surface area contributed by atoms with Crippen LogP contribution in [-0.2, 0) is 16.1 Å². The van der Waals surface area contributed by atoms with Gasteiger partial charge in [0, 0.05) is 31.0 Å². The first-order valence-electron chi connectivity index (χ1n) is 10.0. The van der Waals surface area contributed by atoms with E-state index in [1.807, 2.05) is 42.0 Å². The zero-order valence-corrected chi connectivity index (χ0v) is 17.0. The second-order valence-electron chi connectivity index (χ2n) is 7.56. The molecule has 1 fully saturated rings. The van der Waals surface area contributed by atoms with Gasteiger partial charge in [0.05, 0.1) is 17.9 Å². The van der Waals surface area contributed by atoms with Gasteiger partial charge in [0.25, 0.3) is 11.7 Å². The predicted molar refractivity (Wildman–Crippen MR) is 113 cm³/mol. The van der Waals surface area contributed by atoms with Crippen molar-refractivity contribution in [2.24, 2.45) is 0 Å². The smallest absolute Gasteiger partial charge is 0.295 e. The van der Waals surface area contributed by atoms with Crippen molar-refractivity contribution in [2.45, 2.75) is 25.9 Å². The van der Waals surface area contributed by atoms with Crippen LogP contribution in [0.5, 0.6) is 0 Å². The lowest BCUT2D eigenvalue weighted by Gasteiger charge is -2.25. The molecule has 0 spiro atoms. The Labute approximate surface area is 179 Å². The summed E-state index contributed by atoms with van der Waals surface area (Å²) < 4.78 is 15.2. The number of carbonyl (C=O) groups excluding carboxylic acids is 2. The summed E-state index contributed by atoms with van der Waals surface area (Å²) in [4.78, 5) is 31.3. The quantitative estimate of drug-likeness (QED) is 0.374. The number of Topliss-reactive ketones (excluding diaryl/α,β-unsaturated/α-hetero) is 1. The van der Waals surface area contributed by atoms with Gasteiger partial charge in [-0.3, -0.25) is 9.59 Å². The number of halogens is 1. The van der Waals surface area contributed by atoms with Crippen molar-refractivity contribution in [1.82, 2.24) is 14.5 Å². The second-order valence-corrected chi connectivity index (χ2v) is 7.56. The number of nitrogens with zero attached hydrogens (tertiary/aromatic N) is 3. The normalized spacial score (nSPS) is 18.0. The van der Waals surface area contributed by atoms with Crippen LogP contribution in [0.25, 0.3) is 5.76 Å². The Morgan fingerprint density at radius 2 is 1.77 bits per heavy atom. The number of aliphatic hydroxyl groups is 1. The minimum Gasteiger partial charge on any atom is -0.507 e. The van der Waals surface area contributed by atoms with E-state index in [4.69, 9.17) is 0 Å². The number of hydrogen-bond acceptors (Lipinski definition) is 4. The number of aliphatic hydroxyl groups excluding tert-OH is 1. The van der Waals surface area contributed by atoms with Crippen molar-refractivity contribution in [2.75, 3.05) is 6.54 Å². The van der Waals surface area contributed by atoms with Crippen LogP contribution >= 0.6 is 0 Å². The Balaban J connectivity index is 1.72. The molecule has 1 N–H and O–H groups in total. The van der Waals surface area contributed by atoms with Gasteiger partial charge in [0.15, 0.2) is 0 Å². The molecule has 0 saturated carbocycles. The first-order chi connectivity index (χ1) is 15.0. The monoisotopic (exact) mass is 419 g/mol. The molecule has 0 unspecified atom stereocenters. The van der Waals surface area contributed by atoms with Crippen molar-refractivity contribution in [3.05, 3.63) is 95.3 Å². The molecule has 1 atom stereocenters. The van der Waals surface area contributed by atoms with Crippen LogP contribution in [0.3, 0.4) is 0 Å². The Hall–Kier alpha value is -3.74. The highest BCUT2D eigenvalue weighted by Crippen LogP contribution is 2.39. The van der Waals surface area contributed by atoms with Gasteiger partial charge in [-0.25, -0.2) is 9.37 Å². The third-order valence-electron chi connectivity index (χ3n) is 5.43. The van der Waals surface area contributed by atoms with E-state index >= 15 is 0 Å². The second kappa shape index (κ2) is 8.55. The van der Waals surface area contributed by atoms with E-state index in [-0.39, 0.29) is 16.9 Å². The molecule has 1 aliphatic heterocycles. The first-order valence-corrected chi connectivity index (χ1v) is 10.0. The van der Waals surface area contributed by atoms with Crippen LogP contribution in [0.1, 0.15) is 29.2 Å². The largest absolute Gasteiger partial charge is 0.507 e. The first kappa shape index (κ1) is 20.5. The number of benzene rings is 2. The molecular formula is C24H22FN3O3. The van der Waals surface area contributed by atoms with Crippen LogP contribution in [0.2, 0.25) is 0 Å². The molecule has 2 heterocycles. The molecule has 7 heteroatoms. The highest BCUT2D eigenvalue weighted by Gasteiger charge is 2.45. The van der Waals surface area contributed by atoms with Gasteiger partial charge in [0.2, 0.25) is 0 Å². The average molecular weight is 419 g/mol. The van der Waals surface area contributed by atoms with E-state index in [1.165, 1.54) is 29.2 Å². The van der Waals surface area contributed by atoms with Crippen molar-refractivity contribution in [3.8, 4) is 0 Å². The number of aryl methyl sites for hydroxylation is 2. The summed E-state index contributed by atoms with van der Waals surface area (Å²) in [6, 6.07) is 12.0. The molecule has 4 rings (SSSR count). The number of aromatic nitrogens is 2. The predicted octanol–water partition coefficient (Wildman–Crippen LogP) is 3.84. The molecule has 6 nitrogen and oxygen atoms in total. The Kier molecular flexibility index (Phi) is 5.66. The van der Waals surface area contributed by atoms with Gasteiger partial charge in [-0.2, -0.15) is 0 Å². The van der Waals surface area contributed by atoms with Crippen LogP contribution < -0.4 is 0 Å². The SMILES string of the molecule is Cc1ccc([C@H]2/C(=C(\O)c3ccc(F)cc3)C(=O)C(=O)N2CCCn2ccnc2)cc1. The Morgan fingerprint density at radius 1 is 1.06 bits per heavy atom. The van der Waals surface area contributed by atoms with Gasteiger partial charge in [-0.05, 0) is 43.2 Å². The summed E-state index contributed by atoms with van der Waals surface area (Å²) >= 11 is 0. The fourth-order valence-corrected chi connectivity index (χ4v) is 3.81. The van der Waals surface area contributed by atoms with Gasteiger partial charge in [0.1, 0.15) is 11.6 Å². The molecule has 0 aliphatic carbocycles. The van der Waals surface area contributed by atoms with Gasteiger partial charge < -0.3 is 14.6 Å². The summed E-state index contributed by atoms with van der Waals surface area (Å²) in [5, 5.41) is 10.9. The number of rotatable bonds is 6. The standard InChI is InChI=1S/C24H22FN3O3/c1-16-3-5-17(6-4-16)21-20(22(29)18-7-9-19(25)10-8-18)23(30)24(31)28(21)13-2-12-27-14-11-26-15-27/h3-11,14-15,21,29H,2,12-13H2,1H3/b22-20+/t21-/m0/s1. The van der Waals surface area contributed by atoms with E-state index in [9.17, 15) is 19.1 Å². The molecule has 1 saturated heterocycles. The lowest BCUT2D eigenvalue weighted by molar-refractivity contribution is -0.139. The highest BCUT2D eigenvalue weighted by molar-refractivity contribution is 6.46. The number of amides is 1. The lowest BCUT2D eigenvalue weighted by atomic mass is 9.94. The average Bonchev–Trinajstić information content (AvgIpc) is 3.37. The number of hydrogen-bond donors (Lipinski definition) is 1. The summed E-state index contributed by atoms with van der Waals surface area (Å²) in [5.41, 5.74) is 2.08. The van der Waals surface area contributed by atoms with Crippen molar-refractivity contribution in [1.29, 1.82) is 0 Å². The van der Waals surface area contributed by atoms with Crippen LogP contribution in [0.15, 0.2) is 72.8 Å². The van der Waals surface area contributed by atoms with Crippen molar-refractivity contribution < 1.29 is 19.1 Å². The summed E-state index contributed by atoms with van der Waals surface area (Å²) in [7, 11) is 0. The molecule has 1 amide bonds. The maximum Gasteiger partial charge on any atom is 0.295 e. The van der Waals surface area contributed by atoms with Gasteiger partial charge >= 0.3 is 0 Å². The van der Waals surface area contributed by atoms with Crippen LogP contribution in [0.4, 0.5) is 4.39 Å². The molecule has 1 aliphatic rings. The maximum absolute atomic E-state index is 13.3. The minimum atomic E-state index is -0.741. The molecule has 31 heavy (non-hydrogen) atoms. The maximum atomic E-state index is 13.3. The zero-order valence-electron chi connectivity index (χ0n) is 17.0. The van der Waals surface area contributed by atoms with E-state index in [1.54, 1.807) is 12.5 Å². The van der Waals surface area contributed by atoms with Crippen molar-refractivity contribution >= 4 is 17.4 Å². The van der Waals surface area contributed by atoms with E-state index in [0.717, 1.165) is 11.1 Å². The van der Waals surface area contributed by atoms with E-state index in [0.29, 0.717) is 19.5 Å². The molecule has 0 radical (unpaired) electrons. The number of ketones is 1. The van der Waals surface area contributed by atoms with E-state index in [2.05, 4.69) is 4.98 Å². The Morgan fingerprint density at radius 3 is 2.42 bits per heavy atom. The fourth-order valence-electron chi connectivity index (χ4n) is 3.81. The summed E-state index contributed by atoms with van der Waals surface area (Å²) in [5.74, 6) is -2.15. The van der Waals surface area contributed by atoms with Crippen molar-refractivity contribution in [3.63, 3.8) is 0 Å². The third kappa shape index (κ3) is 4.12. The fraction of sp³-hybridized carbons (Fsp3) is 0.208. The topological polar surface area (TPSA) is 75.4 Å². The number of likely N-dealkylation sites (tertiary alicyclic amines) is 1. The Bertz CT molecular complexity index is 1120. The summed E-state index contributed by atoms with van der Waals surface area (Å²) in [6.45, 7) is 2.92. The van der Waals surface area contributed by atoms with Crippen LogP contribution in [0, 0.1) is 12.7 Å². The van der Waals surface area contributed by atoms with Crippen LogP contribution in [-0.4, -0.2) is 37.8 Å². The molecule has 2 aromatic carbocycles. The van der Waals surface area contributed by atoms with E-state index < -0.39 is 23.5 Å². The third-order valence-corrected chi connectivity index (χ3v) is 5.43. The molecule has 158 valence electrons. The summed E-state index contributed by atoms with van der Waals surface area (Å²) in [6.07, 6.45) is 5.82. The molecule has 0 bridgehead atoms. The highest BCUT2D eigenvalue weighted by atomic mass is 19.1. The minimum absolute atomic E-state index is 0.0168. The lowest BCUT2D eigenvalue weighted by Crippen LogP contribution is -2.31. The molecule has 3 aromatic rings. The van der Waals surface area contributed by atoms with Gasteiger partial charge in [-0.1, -0.05) is 29.8 Å². The zero-order chi connectivity index (χ0) is 22.0. The molecular weight excluding hydrogens is 397 g/mol. The van der Waals surface area contributed by atoms with Gasteiger partial charge in [-0.15, -0.1) is 0 Å².